The summed E-state index contributed by atoms with van der Waals surface area (Å²) in [6, 6.07) is 4.00. The number of hydrogen-bond donors (Lipinski definition) is 1. The van der Waals surface area contributed by atoms with Gasteiger partial charge in [-0.3, -0.25) is 0 Å². The fourth-order valence-electron chi connectivity index (χ4n) is 1.12. The van der Waals surface area contributed by atoms with Gasteiger partial charge in [0.1, 0.15) is 5.60 Å². The molecule has 1 N–H and O–H groups in total. The molecular formula is C8H10O2S. The molecule has 0 amide bonds. The Labute approximate surface area is 69.4 Å². The van der Waals surface area contributed by atoms with Crippen LogP contribution in [0.5, 0.6) is 0 Å². The summed E-state index contributed by atoms with van der Waals surface area (Å²) >= 11 is 1.64. The molecule has 0 aliphatic carbocycles. The number of rotatable bonds is 1. The average molecular weight is 170 g/mol. The van der Waals surface area contributed by atoms with Gasteiger partial charge in [-0.15, -0.1) is 11.3 Å². The van der Waals surface area contributed by atoms with Crippen molar-refractivity contribution in [1.82, 2.24) is 0 Å². The van der Waals surface area contributed by atoms with Crippen LogP contribution in [-0.4, -0.2) is 18.3 Å². The second kappa shape index (κ2) is 2.30. The molecule has 0 atom stereocenters. The molecule has 0 unspecified atom stereocenters. The smallest absolute Gasteiger partial charge is 0.145 e. The molecule has 1 fully saturated rings. The first-order valence-corrected chi connectivity index (χ1v) is 4.39. The van der Waals surface area contributed by atoms with Gasteiger partial charge in [0.2, 0.25) is 0 Å². The molecule has 2 heterocycles. The molecule has 1 aromatic rings. The minimum Gasteiger partial charge on any atom is -0.379 e. The fourth-order valence-corrected chi connectivity index (χ4v) is 2.05. The van der Waals surface area contributed by atoms with Gasteiger partial charge in [-0.2, -0.15) is 0 Å². The third kappa shape index (κ3) is 1.09. The molecule has 60 valence electrons. The van der Waals surface area contributed by atoms with Gasteiger partial charge in [0.25, 0.3) is 0 Å². The van der Waals surface area contributed by atoms with Crippen LogP contribution in [0.2, 0.25) is 0 Å². The normalized spacial score (nSPS) is 21.3. The van der Waals surface area contributed by atoms with E-state index in [4.69, 9.17) is 4.74 Å². The van der Waals surface area contributed by atoms with Gasteiger partial charge in [0.05, 0.1) is 13.2 Å². The van der Waals surface area contributed by atoms with E-state index in [0.29, 0.717) is 13.2 Å². The van der Waals surface area contributed by atoms with Crippen molar-refractivity contribution in [2.75, 3.05) is 13.2 Å². The van der Waals surface area contributed by atoms with Crippen molar-refractivity contribution >= 4 is 11.3 Å². The van der Waals surface area contributed by atoms with E-state index in [1.54, 1.807) is 11.3 Å². The highest BCUT2D eigenvalue weighted by Gasteiger charge is 2.38. The summed E-state index contributed by atoms with van der Waals surface area (Å²) in [5, 5.41) is 9.78. The highest BCUT2D eigenvalue weighted by Crippen LogP contribution is 2.33. The molecule has 0 bridgehead atoms. The van der Waals surface area contributed by atoms with Crippen molar-refractivity contribution in [3.8, 4) is 0 Å². The van der Waals surface area contributed by atoms with Crippen LogP contribution in [0.3, 0.4) is 0 Å². The van der Waals surface area contributed by atoms with Crippen LogP contribution in [0.4, 0.5) is 0 Å². The molecule has 0 saturated carbocycles. The van der Waals surface area contributed by atoms with E-state index in [9.17, 15) is 5.11 Å². The zero-order chi connectivity index (χ0) is 7.90. The standard InChI is InChI=1S/C8H10O2S/c1-6-2-3-7(11-6)8(9)4-10-5-8/h2-3,9H,4-5H2,1H3. The number of hydrogen-bond acceptors (Lipinski definition) is 3. The van der Waals surface area contributed by atoms with Gasteiger partial charge in [-0.25, -0.2) is 0 Å². The van der Waals surface area contributed by atoms with Crippen LogP contribution < -0.4 is 0 Å². The van der Waals surface area contributed by atoms with Gasteiger partial charge in [0.15, 0.2) is 0 Å². The Morgan fingerprint density at radius 1 is 1.55 bits per heavy atom. The van der Waals surface area contributed by atoms with E-state index in [1.807, 2.05) is 19.1 Å². The average Bonchev–Trinajstić information content (AvgIpc) is 2.31. The molecule has 2 nitrogen and oxygen atoms in total. The molecule has 0 aromatic carbocycles. The zero-order valence-electron chi connectivity index (χ0n) is 6.33. The van der Waals surface area contributed by atoms with E-state index >= 15 is 0 Å². The van der Waals surface area contributed by atoms with Crippen molar-refractivity contribution in [3.63, 3.8) is 0 Å². The van der Waals surface area contributed by atoms with E-state index in [0.717, 1.165) is 4.88 Å². The van der Waals surface area contributed by atoms with Crippen molar-refractivity contribution < 1.29 is 9.84 Å². The lowest BCUT2D eigenvalue weighted by Crippen LogP contribution is -2.45. The van der Waals surface area contributed by atoms with E-state index in [1.165, 1.54) is 4.88 Å². The van der Waals surface area contributed by atoms with E-state index in [-0.39, 0.29) is 0 Å². The lowest BCUT2D eigenvalue weighted by Gasteiger charge is -2.35. The van der Waals surface area contributed by atoms with Crippen molar-refractivity contribution in [3.05, 3.63) is 21.9 Å². The Balaban J connectivity index is 2.28. The van der Waals surface area contributed by atoms with Gasteiger partial charge in [-0.05, 0) is 19.1 Å². The maximum atomic E-state index is 9.78. The summed E-state index contributed by atoms with van der Waals surface area (Å²) in [5.41, 5.74) is -0.668. The molecule has 0 radical (unpaired) electrons. The Morgan fingerprint density at radius 2 is 2.27 bits per heavy atom. The SMILES string of the molecule is Cc1ccc(C2(O)COC2)s1. The Hall–Kier alpha value is -0.380. The van der Waals surface area contributed by atoms with Gasteiger partial charge in [0, 0.05) is 9.75 Å². The van der Waals surface area contributed by atoms with Crippen molar-refractivity contribution in [2.24, 2.45) is 0 Å². The lowest BCUT2D eigenvalue weighted by atomic mass is 10.0. The molecule has 2 rings (SSSR count). The highest BCUT2D eigenvalue weighted by atomic mass is 32.1. The van der Waals surface area contributed by atoms with Crippen LogP contribution >= 0.6 is 11.3 Å². The Kier molecular flexibility index (Phi) is 1.52. The monoisotopic (exact) mass is 170 g/mol. The first kappa shape index (κ1) is 7.28. The summed E-state index contributed by atoms with van der Waals surface area (Å²) in [5.74, 6) is 0. The largest absolute Gasteiger partial charge is 0.379 e. The molecule has 11 heavy (non-hydrogen) atoms. The number of aryl methyl sites for hydroxylation is 1. The Bertz CT molecular complexity index is 263. The quantitative estimate of drug-likeness (QED) is 0.688. The first-order valence-electron chi connectivity index (χ1n) is 3.58. The van der Waals surface area contributed by atoms with Crippen molar-refractivity contribution in [2.45, 2.75) is 12.5 Å². The third-order valence-electron chi connectivity index (χ3n) is 1.88. The molecule has 1 saturated heterocycles. The van der Waals surface area contributed by atoms with E-state index in [2.05, 4.69) is 0 Å². The zero-order valence-corrected chi connectivity index (χ0v) is 7.15. The summed E-state index contributed by atoms with van der Waals surface area (Å²) in [6.07, 6.45) is 0. The van der Waals surface area contributed by atoms with Gasteiger partial charge in [-0.1, -0.05) is 0 Å². The Morgan fingerprint density at radius 3 is 2.64 bits per heavy atom. The van der Waals surface area contributed by atoms with Crippen molar-refractivity contribution in [1.29, 1.82) is 0 Å². The molecular weight excluding hydrogens is 160 g/mol. The number of aliphatic hydroxyl groups is 1. The number of thiophene rings is 1. The summed E-state index contributed by atoms with van der Waals surface area (Å²) in [4.78, 5) is 2.27. The minimum atomic E-state index is -0.668. The molecule has 0 spiro atoms. The van der Waals surface area contributed by atoms with Crippen LogP contribution in [0.15, 0.2) is 12.1 Å². The topological polar surface area (TPSA) is 29.5 Å². The molecule has 1 aromatic heterocycles. The molecule has 3 heteroatoms. The van der Waals surface area contributed by atoms with Gasteiger partial charge < -0.3 is 9.84 Å². The highest BCUT2D eigenvalue weighted by molar-refractivity contribution is 7.12. The lowest BCUT2D eigenvalue weighted by molar-refractivity contribution is -0.182. The molecule has 1 aliphatic rings. The van der Waals surface area contributed by atoms with Gasteiger partial charge >= 0.3 is 0 Å². The van der Waals surface area contributed by atoms with Crippen LogP contribution in [0.1, 0.15) is 9.75 Å². The third-order valence-corrected chi connectivity index (χ3v) is 3.07. The summed E-state index contributed by atoms with van der Waals surface area (Å²) in [6.45, 7) is 2.94. The summed E-state index contributed by atoms with van der Waals surface area (Å²) in [7, 11) is 0. The van der Waals surface area contributed by atoms with E-state index < -0.39 is 5.60 Å². The fraction of sp³-hybridized carbons (Fsp3) is 0.500. The number of ether oxygens (including phenoxy) is 1. The molecule has 1 aliphatic heterocycles. The summed E-state index contributed by atoms with van der Waals surface area (Å²) < 4.78 is 4.96. The van der Waals surface area contributed by atoms with Crippen LogP contribution in [0, 0.1) is 6.92 Å². The van der Waals surface area contributed by atoms with Crippen LogP contribution in [0.25, 0.3) is 0 Å². The first-order chi connectivity index (χ1) is 5.21. The maximum Gasteiger partial charge on any atom is 0.145 e. The predicted molar refractivity (Wildman–Crippen MR) is 43.8 cm³/mol. The maximum absolute atomic E-state index is 9.78. The second-order valence-electron chi connectivity index (χ2n) is 2.93. The predicted octanol–water partition coefficient (Wildman–Crippen LogP) is 1.27. The second-order valence-corrected chi connectivity index (χ2v) is 4.22. The minimum absolute atomic E-state index is 0.451. The van der Waals surface area contributed by atoms with Crippen LogP contribution in [-0.2, 0) is 10.3 Å².